The Morgan fingerprint density at radius 1 is 1.47 bits per heavy atom. The maximum absolute atomic E-state index is 5.46. The molecule has 0 saturated carbocycles. The third-order valence-corrected chi connectivity index (χ3v) is 4.50. The third-order valence-electron chi connectivity index (χ3n) is 3.22. The highest BCUT2D eigenvalue weighted by molar-refractivity contribution is 9.10. The van der Waals surface area contributed by atoms with Crippen molar-refractivity contribution in [3.05, 3.63) is 28.2 Å². The van der Waals surface area contributed by atoms with Gasteiger partial charge in [0.05, 0.1) is 11.8 Å². The van der Waals surface area contributed by atoms with E-state index >= 15 is 0 Å². The highest BCUT2D eigenvalue weighted by Gasteiger charge is 2.20. The summed E-state index contributed by atoms with van der Waals surface area (Å²) >= 11 is 7.14. The molecular weight excluding hydrogens is 346 g/mol. The van der Waals surface area contributed by atoms with E-state index < -0.39 is 0 Å². The van der Waals surface area contributed by atoms with Crippen molar-refractivity contribution in [2.45, 2.75) is 24.3 Å². The molecule has 4 heteroatoms. The minimum atomic E-state index is 0.367. The average molecular weight is 363 g/mol. The molecule has 1 heterocycles. The number of piperidine rings is 1. The van der Waals surface area contributed by atoms with E-state index in [9.17, 15) is 0 Å². The van der Waals surface area contributed by atoms with Gasteiger partial charge in [-0.05, 0) is 46.5 Å². The smallest absolute Gasteiger partial charge is 0.0746 e. The molecule has 1 aromatic carbocycles. The monoisotopic (exact) mass is 361 g/mol. The molecule has 0 aliphatic carbocycles. The average Bonchev–Trinajstić information content (AvgIpc) is 2.38. The van der Waals surface area contributed by atoms with Crippen molar-refractivity contribution in [1.82, 2.24) is 0 Å². The third kappa shape index (κ3) is 3.24. The molecule has 1 aliphatic rings. The lowest BCUT2D eigenvalue weighted by atomic mass is 10.1. The number of ether oxygens (including phenoxy) is 1. The van der Waals surface area contributed by atoms with E-state index in [-0.39, 0.29) is 0 Å². The van der Waals surface area contributed by atoms with E-state index in [4.69, 9.17) is 4.74 Å². The van der Waals surface area contributed by atoms with Crippen LogP contribution in [0.2, 0.25) is 0 Å². The summed E-state index contributed by atoms with van der Waals surface area (Å²) in [6.45, 7) is 2.11. The molecular formula is C13H17Br2NO. The standard InChI is InChI=1S/C13H17Br2NO/c1-17-11-3-2-6-16(9-11)13-5-4-10(8-14)7-12(13)15/h4-5,7,11H,2-3,6,8-9H2,1H3. The normalized spacial score (nSPS) is 20.6. The Morgan fingerprint density at radius 2 is 2.29 bits per heavy atom. The Hall–Kier alpha value is -0.0600. The molecule has 0 bridgehead atoms. The van der Waals surface area contributed by atoms with E-state index in [0.29, 0.717) is 6.10 Å². The van der Waals surface area contributed by atoms with Crippen LogP contribution < -0.4 is 4.90 Å². The molecule has 94 valence electrons. The summed E-state index contributed by atoms with van der Waals surface area (Å²) in [4.78, 5) is 2.40. The van der Waals surface area contributed by atoms with Crippen LogP contribution in [0.5, 0.6) is 0 Å². The predicted octanol–water partition coefficient (Wildman–Crippen LogP) is 3.96. The summed E-state index contributed by atoms with van der Waals surface area (Å²) in [6.07, 6.45) is 2.74. The van der Waals surface area contributed by atoms with Gasteiger partial charge in [-0.1, -0.05) is 22.0 Å². The summed E-state index contributed by atoms with van der Waals surface area (Å²) in [5, 5.41) is 0.895. The molecule has 0 amide bonds. The van der Waals surface area contributed by atoms with Gasteiger partial charge in [-0.2, -0.15) is 0 Å². The topological polar surface area (TPSA) is 12.5 Å². The van der Waals surface area contributed by atoms with Crippen LogP contribution in [-0.4, -0.2) is 26.3 Å². The molecule has 2 nitrogen and oxygen atoms in total. The maximum Gasteiger partial charge on any atom is 0.0746 e. The first-order valence-corrected chi connectivity index (χ1v) is 7.78. The zero-order valence-electron chi connectivity index (χ0n) is 9.96. The van der Waals surface area contributed by atoms with Crippen LogP contribution in [0, 0.1) is 0 Å². The van der Waals surface area contributed by atoms with E-state index in [1.54, 1.807) is 7.11 Å². The van der Waals surface area contributed by atoms with Gasteiger partial charge in [-0.25, -0.2) is 0 Å². The lowest BCUT2D eigenvalue weighted by Crippen LogP contribution is -2.39. The number of hydrogen-bond acceptors (Lipinski definition) is 2. The fraction of sp³-hybridized carbons (Fsp3) is 0.538. The molecule has 1 fully saturated rings. The lowest BCUT2D eigenvalue weighted by molar-refractivity contribution is 0.0893. The number of benzene rings is 1. The second-order valence-corrected chi connectivity index (χ2v) is 5.78. The van der Waals surface area contributed by atoms with Crippen molar-refractivity contribution in [3.63, 3.8) is 0 Å². The second kappa shape index (κ2) is 6.21. The van der Waals surface area contributed by atoms with Gasteiger partial charge in [0, 0.05) is 30.0 Å². The van der Waals surface area contributed by atoms with Crippen LogP contribution >= 0.6 is 31.9 Å². The van der Waals surface area contributed by atoms with E-state index in [2.05, 4.69) is 55.0 Å². The van der Waals surface area contributed by atoms with Crippen molar-refractivity contribution in [1.29, 1.82) is 0 Å². The first-order valence-electron chi connectivity index (χ1n) is 5.86. The number of alkyl halides is 1. The molecule has 2 rings (SSSR count). The predicted molar refractivity (Wildman–Crippen MR) is 79.0 cm³/mol. The fourth-order valence-electron chi connectivity index (χ4n) is 2.24. The zero-order chi connectivity index (χ0) is 12.3. The minimum absolute atomic E-state index is 0.367. The number of rotatable bonds is 3. The Labute approximate surface area is 120 Å². The zero-order valence-corrected chi connectivity index (χ0v) is 13.1. The van der Waals surface area contributed by atoms with Crippen molar-refractivity contribution in [2.75, 3.05) is 25.1 Å². The van der Waals surface area contributed by atoms with Gasteiger partial charge in [-0.3, -0.25) is 0 Å². The minimum Gasteiger partial charge on any atom is -0.380 e. The van der Waals surface area contributed by atoms with Gasteiger partial charge in [0.2, 0.25) is 0 Å². The number of anilines is 1. The molecule has 1 aromatic rings. The van der Waals surface area contributed by atoms with Gasteiger partial charge in [0.25, 0.3) is 0 Å². The molecule has 17 heavy (non-hydrogen) atoms. The second-order valence-electron chi connectivity index (χ2n) is 4.37. The number of halogens is 2. The van der Waals surface area contributed by atoms with Crippen LogP contribution in [0.1, 0.15) is 18.4 Å². The van der Waals surface area contributed by atoms with Gasteiger partial charge in [0.1, 0.15) is 0 Å². The van der Waals surface area contributed by atoms with Crippen molar-refractivity contribution in [3.8, 4) is 0 Å². The molecule has 0 N–H and O–H groups in total. The number of methoxy groups -OCH3 is 1. The first-order chi connectivity index (χ1) is 8.24. The summed E-state index contributed by atoms with van der Waals surface area (Å²) < 4.78 is 6.64. The molecule has 0 spiro atoms. The van der Waals surface area contributed by atoms with Gasteiger partial charge >= 0.3 is 0 Å². The molecule has 1 unspecified atom stereocenters. The van der Waals surface area contributed by atoms with Gasteiger partial charge in [-0.15, -0.1) is 0 Å². The molecule has 1 atom stereocenters. The fourth-order valence-corrected chi connectivity index (χ4v) is 3.27. The molecule has 1 saturated heterocycles. The Morgan fingerprint density at radius 3 is 2.94 bits per heavy atom. The van der Waals surface area contributed by atoms with Crippen LogP contribution in [-0.2, 0) is 10.1 Å². The van der Waals surface area contributed by atoms with Crippen molar-refractivity contribution < 1.29 is 4.74 Å². The Kier molecular flexibility index (Phi) is 4.88. The van der Waals surface area contributed by atoms with Gasteiger partial charge < -0.3 is 9.64 Å². The van der Waals surface area contributed by atoms with E-state index in [1.807, 2.05) is 0 Å². The van der Waals surface area contributed by atoms with E-state index in [1.165, 1.54) is 28.6 Å². The van der Waals surface area contributed by atoms with Gasteiger partial charge in [0.15, 0.2) is 0 Å². The van der Waals surface area contributed by atoms with Crippen molar-refractivity contribution in [2.24, 2.45) is 0 Å². The highest BCUT2D eigenvalue weighted by atomic mass is 79.9. The van der Waals surface area contributed by atoms with Crippen LogP contribution in [0.4, 0.5) is 5.69 Å². The molecule has 1 aliphatic heterocycles. The van der Waals surface area contributed by atoms with Crippen LogP contribution in [0.3, 0.4) is 0 Å². The summed E-state index contributed by atoms with van der Waals surface area (Å²) in [5.74, 6) is 0. The quantitative estimate of drug-likeness (QED) is 0.754. The van der Waals surface area contributed by atoms with Crippen molar-refractivity contribution >= 4 is 37.5 Å². The van der Waals surface area contributed by atoms with Crippen LogP contribution in [0.25, 0.3) is 0 Å². The summed E-state index contributed by atoms with van der Waals surface area (Å²) in [6, 6.07) is 6.55. The molecule has 0 aromatic heterocycles. The largest absolute Gasteiger partial charge is 0.380 e. The summed E-state index contributed by atoms with van der Waals surface area (Å²) in [5.41, 5.74) is 2.57. The highest BCUT2D eigenvalue weighted by Crippen LogP contribution is 2.30. The summed E-state index contributed by atoms with van der Waals surface area (Å²) in [7, 11) is 1.80. The van der Waals surface area contributed by atoms with Crippen LogP contribution in [0.15, 0.2) is 22.7 Å². The first kappa shape index (κ1) is 13.4. The maximum atomic E-state index is 5.46. The van der Waals surface area contributed by atoms with E-state index in [0.717, 1.165) is 18.4 Å². The number of hydrogen-bond donors (Lipinski definition) is 0. The SMILES string of the molecule is COC1CCCN(c2ccc(CBr)cc2Br)C1. The Balaban J connectivity index is 2.16. The number of nitrogens with zero attached hydrogens (tertiary/aromatic N) is 1. The lowest BCUT2D eigenvalue weighted by Gasteiger charge is -2.34. The Bertz CT molecular complexity index is 384. The molecule has 0 radical (unpaired) electrons.